The molecule has 1 N–H and O–H groups in total. The normalized spacial score (nSPS) is 17.5. The molecule has 0 saturated heterocycles. The van der Waals surface area contributed by atoms with Crippen LogP contribution in [0.3, 0.4) is 0 Å². The van der Waals surface area contributed by atoms with Crippen LogP contribution in [0.5, 0.6) is 0 Å². The van der Waals surface area contributed by atoms with E-state index in [1.165, 1.54) is 0 Å². The Bertz CT molecular complexity index is 658. The molecule has 0 saturated carbocycles. The van der Waals surface area contributed by atoms with Gasteiger partial charge in [-0.3, -0.25) is 4.90 Å². The molecule has 7 heteroatoms. The van der Waals surface area contributed by atoms with Crippen LogP contribution in [0.15, 0.2) is 40.4 Å². The highest BCUT2D eigenvalue weighted by atomic mass is 32.2. The first-order valence-electron chi connectivity index (χ1n) is 8.12. The maximum atomic E-state index is 12.6. The van der Waals surface area contributed by atoms with Crippen LogP contribution in [-0.2, 0) is 14.3 Å². The van der Waals surface area contributed by atoms with Crippen LogP contribution in [0.2, 0.25) is 0 Å². The van der Waals surface area contributed by atoms with Gasteiger partial charge in [-0.25, -0.2) is 9.59 Å². The van der Waals surface area contributed by atoms with Gasteiger partial charge >= 0.3 is 12.0 Å². The Morgan fingerprint density at radius 2 is 1.96 bits per heavy atom. The van der Waals surface area contributed by atoms with Crippen molar-refractivity contribution < 1.29 is 19.1 Å². The molecule has 1 aliphatic rings. The summed E-state index contributed by atoms with van der Waals surface area (Å²) in [5.41, 5.74) is 1.92. The molecule has 25 heavy (non-hydrogen) atoms. The molecule has 1 unspecified atom stereocenters. The average Bonchev–Trinajstić information content (AvgIpc) is 2.61. The van der Waals surface area contributed by atoms with E-state index in [1.54, 1.807) is 30.7 Å². The van der Waals surface area contributed by atoms with Crippen molar-refractivity contribution in [2.24, 2.45) is 0 Å². The summed E-state index contributed by atoms with van der Waals surface area (Å²) in [4.78, 5) is 27.7. The van der Waals surface area contributed by atoms with Gasteiger partial charge in [0, 0.05) is 24.2 Å². The minimum absolute atomic E-state index is 0.171. The first-order valence-corrected chi connectivity index (χ1v) is 9.34. The van der Waals surface area contributed by atoms with Crippen molar-refractivity contribution in [2.45, 2.75) is 24.8 Å². The van der Waals surface area contributed by atoms with E-state index in [2.05, 4.69) is 5.32 Å². The molecule has 0 fully saturated rings. The SMILES string of the molecule is CCN1C(=O)NC(c2ccc(SC)cc2)C(C(=O)OCCOC)=C1C. The molecule has 1 aliphatic heterocycles. The number of methoxy groups -OCH3 is 1. The molecule has 136 valence electrons. The number of nitrogens with zero attached hydrogens (tertiary/aromatic N) is 1. The second-order valence-electron chi connectivity index (χ2n) is 5.53. The summed E-state index contributed by atoms with van der Waals surface area (Å²) in [6, 6.07) is 7.05. The number of allylic oxidation sites excluding steroid dienone is 1. The summed E-state index contributed by atoms with van der Waals surface area (Å²) in [7, 11) is 1.55. The Balaban J connectivity index is 2.38. The lowest BCUT2D eigenvalue weighted by atomic mass is 9.95. The van der Waals surface area contributed by atoms with Crippen LogP contribution in [0.4, 0.5) is 4.79 Å². The molecule has 0 aliphatic carbocycles. The van der Waals surface area contributed by atoms with Gasteiger partial charge in [-0.1, -0.05) is 12.1 Å². The monoisotopic (exact) mass is 364 g/mol. The summed E-state index contributed by atoms with van der Waals surface area (Å²) in [5.74, 6) is -0.438. The van der Waals surface area contributed by atoms with Crippen LogP contribution >= 0.6 is 11.8 Å². The second-order valence-corrected chi connectivity index (χ2v) is 6.41. The molecular formula is C18H24N2O4S. The van der Waals surface area contributed by atoms with Crippen molar-refractivity contribution in [2.75, 3.05) is 33.1 Å². The van der Waals surface area contributed by atoms with Crippen LogP contribution in [0.25, 0.3) is 0 Å². The Hall–Kier alpha value is -1.99. The van der Waals surface area contributed by atoms with Crippen LogP contribution in [0, 0.1) is 0 Å². The largest absolute Gasteiger partial charge is 0.460 e. The summed E-state index contributed by atoms with van der Waals surface area (Å²) >= 11 is 1.64. The van der Waals surface area contributed by atoms with E-state index in [1.807, 2.05) is 37.4 Å². The number of hydrogen-bond donors (Lipinski definition) is 1. The number of ether oxygens (including phenoxy) is 2. The van der Waals surface area contributed by atoms with Crippen LogP contribution < -0.4 is 5.32 Å². The Labute approximate surface area is 152 Å². The number of amides is 2. The van der Waals surface area contributed by atoms with Gasteiger partial charge in [0.2, 0.25) is 0 Å². The van der Waals surface area contributed by atoms with Gasteiger partial charge in [0.1, 0.15) is 6.61 Å². The molecule has 1 heterocycles. The number of carbonyl (C=O) groups is 2. The van der Waals surface area contributed by atoms with Gasteiger partial charge < -0.3 is 14.8 Å². The van der Waals surface area contributed by atoms with Gasteiger partial charge in [0.25, 0.3) is 0 Å². The highest BCUT2D eigenvalue weighted by Crippen LogP contribution is 2.32. The van der Waals surface area contributed by atoms with Gasteiger partial charge in [0.15, 0.2) is 0 Å². The first kappa shape index (κ1) is 19.3. The number of carbonyl (C=O) groups excluding carboxylic acids is 2. The lowest BCUT2D eigenvalue weighted by molar-refractivity contribution is -0.140. The first-order chi connectivity index (χ1) is 12.0. The van der Waals surface area contributed by atoms with E-state index in [4.69, 9.17) is 9.47 Å². The molecular weight excluding hydrogens is 340 g/mol. The minimum atomic E-state index is -0.527. The highest BCUT2D eigenvalue weighted by Gasteiger charge is 2.35. The third kappa shape index (κ3) is 4.35. The maximum absolute atomic E-state index is 12.6. The summed E-state index contributed by atoms with van der Waals surface area (Å²) in [5, 5.41) is 2.91. The number of nitrogens with one attached hydrogen (secondary N) is 1. The lowest BCUT2D eigenvalue weighted by Crippen LogP contribution is -2.47. The smallest absolute Gasteiger partial charge is 0.338 e. The molecule has 1 aromatic carbocycles. The van der Waals surface area contributed by atoms with E-state index in [-0.39, 0.29) is 12.6 Å². The fourth-order valence-electron chi connectivity index (χ4n) is 2.77. The molecule has 0 aromatic heterocycles. The zero-order valence-electron chi connectivity index (χ0n) is 15.0. The topological polar surface area (TPSA) is 67.9 Å². The number of esters is 1. The third-order valence-corrected chi connectivity index (χ3v) is 4.85. The fourth-order valence-corrected chi connectivity index (χ4v) is 3.18. The summed E-state index contributed by atoms with van der Waals surface area (Å²) in [6.45, 7) is 4.62. The molecule has 0 spiro atoms. The van der Waals surface area contributed by atoms with E-state index in [9.17, 15) is 9.59 Å². The lowest BCUT2D eigenvalue weighted by Gasteiger charge is -2.34. The average molecular weight is 364 g/mol. The third-order valence-electron chi connectivity index (χ3n) is 4.10. The van der Waals surface area contributed by atoms with Crippen molar-refractivity contribution in [1.82, 2.24) is 10.2 Å². The molecule has 2 amide bonds. The zero-order chi connectivity index (χ0) is 18.4. The van der Waals surface area contributed by atoms with E-state index in [0.29, 0.717) is 24.4 Å². The van der Waals surface area contributed by atoms with Crippen molar-refractivity contribution in [3.05, 3.63) is 41.1 Å². The van der Waals surface area contributed by atoms with Crippen molar-refractivity contribution in [3.63, 3.8) is 0 Å². The van der Waals surface area contributed by atoms with E-state index < -0.39 is 12.0 Å². The number of hydrogen-bond acceptors (Lipinski definition) is 5. The Morgan fingerprint density at radius 1 is 1.28 bits per heavy atom. The molecule has 0 bridgehead atoms. The van der Waals surface area contributed by atoms with Crippen molar-refractivity contribution >= 4 is 23.8 Å². The van der Waals surface area contributed by atoms with Crippen molar-refractivity contribution in [1.29, 1.82) is 0 Å². The standard InChI is InChI=1S/C18H24N2O4S/c1-5-20-12(2)15(17(21)24-11-10-23-3)16(19-18(20)22)13-6-8-14(25-4)9-7-13/h6-9,16H,5,10-11H2,1-4H3,(H,19,22). The molecule has 0 radical (unpaired) electrons. The summed E-state index contributed by atoms with van der Waals surface area (Å²) in [6.07, 6.45) is 2.00. The number of thioether (sulfide) groups is 1. The number of benzene rings is 1. The molecule has 1 atom stereocenters. The predicted octanol–water partition coefficient (Wildman–Crippen LogP) is 2.96. The second kappa shape index (κ2) is 8.92. The molecule has 1 aromatic rings. The van der Waals surface area contributed by atoms with Gasteiger partial charge in [0.05, 0.1) is 18.2 Å². The number of urea groups is 1. The van der Waals surface area contributed by atoms with E-state index in [0.717, 1.165) is 10.5 Å². The maximum Gasteiger partial charge on any atom is 0.338 e. The Morgan fingerprint density at radius 3 is 2.52 bits per heavy atom. The fraction of sp³-hybridized carbons (Fsp3) is 0.444. The minimum Gasteiger partial charge on any atom is -0.460 e. The zero-order valence-corrected chi connectivity index (χ0v) is 15.8. The quantitative estimate of drug-likeness (QED) is 0.458. The molecule has 6 nitrogen and oxygen atoms in total. The van der Waals surface area contributed by atoms with Gasteiger partial charge in [-0.2, -0.15) is 0 Å². The summed E-state index contributed by atoms with van der Waals surface area (Å²) < 4.78 is 10.2. The van der Waals surface area contributed by atoms with Gasteiger partial charge in [-0.05, 0) is 37.8 Å². The van der Waals surface area contributed by atoms with Gasteiger partial charge in [-0.15, -0.1) is 11.8 Å². The van der Waals surface area contributed by atoms with Crippen LogP contribution in [0.1, 0.15) is 25.5 Å². The molecule has 2 rings (SSSR count). The predicted molar refractivity (Wildman–Crippen MR) is 97.4 cm³/mol. The Kier molecular flexibility index (Phi) is 6.90. The van der Waals surface area contributed by atoms with Crippen LogP contribution in [-0.4, -0.2) is 50.0 Å². The highest BCUT2D eigenvalue weighted by molar-refractivity contribution is 7.98. The van der Waals surface area contributed by atoms with Crippen molar-refractivity contribution in [3.8, 4) is 0 Å². The number of rotatable bonds is 7. The van der Waals surface area contributed by atoms with E-state index >= 15 is 0 Å².